The van der Waals surface area contributed by atoms with Crippen molar-refractivity contribution in [3.05, 3.63) is 35.9 Å². The maximum absolute atomic E-state index is 5.52. The number of hydrogen-bond donors (Lipinski definition) is 1. The monoisotopic (exact) mass is 246 g/mol. The van der Waals surface area contributed by atoms with Gasteiger partial charge in [-0.15, -0.1) is 0 Å². The Hall–Kier alpha value is -0.900. The molecule has 1 aromatic rings. The Morgan fingerprint density at radius 2 is 2.17 bits per heavy atom. The summed E-state index contributed by atoms with van der Waals surface area (Å²) in [6.07, 6.45) is 1.19. The average Bonchev–Trinajstić information content (AvgIpc) is 2.94. The second-order valence-corrected chi connectivity index (χ2v) is 5.61. The second kappa shape index (κ2) is 5.00. The minimum atomic E-state index is 0.0715. The molecular formula is C15H22N2O. The molecule has 2 saturated heterocycles. The summed E-state index contributed by atoms with van der Waals surface area (Å²) in [4.78, 5) is 2.59. The van der Waals surface area contributed by atoms with Crippen LogP contribution in [0.25, 0.3) is 0 Å². The Balaban J connectivity index is 1.76. The van der Waals surface area contributed by atoms with Gasteiger partial charge in [0.1, 0.15) is 0 Å². The van der Waals surface area contributed by atoms with E-state index in [9.17, 15) is 0 Å². The van der Waals surface area contributed by atoms with Gasteiger partial charge in [0.05, 0.1) is 12.1 Å². The molecule has 2 atom stereocenters. The van der Waals surface area contributed by atoms with Crippen LogP contribution in [0.5, 0.6) is 0 Å². The van der Waals surface area contributed by atoms with Gasteiger partial charge in [-0.2, -0.15) is 0 Å². The van der Waals surface area contributed by atoms with E-state index in [2.05, 4.69) is 47.5 Å². The summed E-state index contributed by atoms with van der Waals surface area (Å²) >= 11 is 0. The number of nitrogens with one attached hydrogen (secondary N) is 1. The first-order valence-corrected chi connectivity index (χ1v) is 6.90. The maximum atomic E-state index is 5.52. The van der Waals surface area contributed by atoms with Crippen LogP contribution in [0.2, 0.25) is 0 Å². The number of rotatable bonds is 2. The molecule has 2 unspecified atom stereocenters. The highest BCUT2D eigenvalue weighted by molar-refractivity contribution is 5.25. The molecule has 3 rings (SSSR count). The summed E-state index contributed by atoms with van der Waals surface area (Å²) in [7, 11) is 0. The molecule has 0 aliphatic carbocycles. The zero-order valence-corrected chi connectivity index (χ0v) is 11.1. The van der Waals surface area contributed by atoms with Crippen LogP contribution in [0.3, 0.4) is 0 Å². The fourth-order valence-electron chi connectivity index (χ4n) is 3.14. The smallest absolute Gasteiger partial charge is 0.0622 e. The van der Waals surface area contributed by atoms with Gasteiger partial charge in [-0.3, -0.25) is 4.90 Å². The maximum Gasteiger partial charge on any atom is 0.0622 e. The molecule has 0 amide bonds. The van der Waals surface area contributed by atoms with Crippen molar-refractivity contribution in [2.75, 3.05) is 32.8 Å². The Morgan fingerprint density at radius 3 is 2.89 bits per heavy atom. The van der Waals surface area contributed by atoms with E-state index in [1.165, 1.54) is 12.0 Å². The summed E-state index contributed by atoms with van der Waals surface area (Å²) < 4.78 is 5.52. The van der Waals surface area contributed by atoms with Crippen LogP contribution in [-0.4, -0.2) is 43.8 Å². The predicted octanol–water partition coefficient (Wildman–Crippen LogP) is 1.60. The van der Waals surface area contributed by atoms with Gasteiger partial charge < -0.3 is 10.1 Å². The van der Waals surface area contributed by atoms with Crippen LogP contribution in [0.15, 0.2) is 30.3 Å². The quantitative estimate of drug-likeness (QED) is 0.858. The summed E-state index contributed by atoms with van der Waals surface area (Å²) in [6, 6.07) is 11.4. The Morgan fingerprint density at radius 1 is 1.33 bits per heavy atom. The first-order valence-electron chi connectivity index (χ1n) is 6.90. The molecule has 2 fully saturated rings. The molecule has 98 valence electrons. The Bertz CT molecular complexity index is 389. The molecule has 18 heavy (non-hydrogen) atoms. The van der Waals surface area contributed by atoms with Crippen LogP contribution in [0.4, 0.5) is 0 Å². The van der Waals surface area contributed by atoms with E-state index in [1.54, 1.807) is 0 Å². The molecule has 0 saturated carbocycles. The van der Waals surface area contributed by atoms with Gasteiger partial charge in [-0.25, -0.2) is 0 Å². The number of benzene rings is 1. The highest BCUT2D eigenvalue weighted by atomic mass is 16.5. The van der Waals surface area contributed by atoms with Crippen molar-refractivity contribution in [1.82, 2.24) is 10.2 Å². The van der Waals surface area contributed by atoms with Crippen LogP contribution in [-0.2, 0) is 10.3 Å². The minimum absolute atomic E-state index is 0.0715. The summed E-state index contributed by atoms with van der Waals surface area (Å²) in [5.41, 5.74) is 1.45. The van der Waals surface area contributed by atoms with Gasteiger partial charge in [0, 0.05) is 32.3 Å². The van der Waals surface area contributed by atoms with E-state index in [1.807, 2.05) is 0 Å². The van der Waals surface area contributed by atoms with Crippen molar-refractivity contribution in [2.45, 2.75) is 24.9 Å². The summed E-state index contributed by atoms with van der Waals surface area (Å²) in [6.45, 7) is 7.41. The molecule has 2 aliphatic rings. The minimum Gasteiger partial charge on any atom is -0.380 e. The van der Waals surface area contributed by atoms with Gasteiger partial charge in [-0.1, -0.05) is 30.3 Å². The third-order valence-corrected chi connectivity index (χ3v) is 4.27. The lowest BCUT2D eigenvalue weighted by Crippen LogP contribution is -2.59. The highest BCUT2D eigenvalue weighted by Gasteiger charge is 2.35. The Kier molecular flexibility index (Phi) is 3.37. The van der Waals surface area contributed by atoms with Crippen LogP contribution < -0.4 is 5.32 Å². The van der Waals surface area contributed by atoms with Gasteiger partial charge in [0.2, 0.25) is 0 Å². The third kappa shape index (κ3) is 2.30. The molecule has 1 aromatic carbocycles. The number of piperazine rings is 1. The molecule has 0 spiro atoms. The molecule has 0 bridgehead atoms. The van der Waals surface area contributed by atoms with E-state index in [0.717, 1.165) is 32.8 Å². The van der Waals surface area contributed by atoms with Crippen molar-refractivity contribution in [2.24, 2.45) is 0 Å². The first-order chi connectivity index (χ1) is 8.78. The zero-order valence-electron chi connectivity index (χ0n) is 11.1. The standard InChI is InChI=1S/C15H22N2O/c1-15(13-5-3-2-4-6-13)12-17(9-8-16-15)14-7-10-18-11-14/h2-6,14,16H,7-12H2,1H3. The number of hydrogen-bond acceptors (Lipinski definition) is 3. The number of ether oxygens (including phenoxy) is 1. The van der Waals surface area contributed by atoms with Gasteiger partial charge in [0.25, 0.3) is 0 Å². The molecule has 3 nitrogen and oxygen atoms in total. The molecule has 1 N–H and O–H groups in total. The van der Waals surface area contributed by atoms with E-state index in [-0.39, 0.29) is 5.54 Å². The van der Waals surface area contributed by atoms with Gasteiger partial charge >= 0.3 is 0 Å². The van der Waals surface area contributed by atoms with Crippen LogP contribution >= 0.6 is 0 Å². The number of nitrogens with zero attached hydrogens (tertiary/aromatic N) is 1. The second-order valence-electron chi connectivity index (χ2n) is 5.61. The van der Waals surface area contributed by atoms with Gasteiger partial charge in [-0.05, 0) is 18.9 Å². The normalized spacial score (nSPS) is 33.7. The fourth-order valence-corrected chi connectivity index (χ4v) is 3.14. The van der Waals surface area contributed by atoms with Crippen molar-refractivity contribution < 1.29 is 4.74 Å². The lowest BCUT2D eigenvalue weighted by molar-refractivity contribution is 0.0861. The average molecular weight is 246 g/mol. The van der Waals surface area contributed by atoms with E-state index < -0.39 is 0 Å². The van der Waals surface area contributed by atoms with Crippen molar-refractivity contribution in [3.63, 3.8) is 0 Å². The molecule has 0 aromatic heterocycles. The molecule has 2 heterocycles. The summed E-state index contributed by atoms with van der Waals surface area (Å²) in [5.74, 6) is 0. The topological polar surface area (TPSA) is 24.5 Å². The molecule has 0 radical (unpaired) electrons. The third-order valence-electron chi connectivity index (χ3n) is 4.27. The van der Waals surface area contributed by atoms with E-state index in [4.69, 9.17) is 4.74 Å². The van der Waals surface area contributed by atoms with Crippen LogP contribution in [0, 0.1) is 0 Å². The Labute approximate surface area is 109 Å². The highest BCUT2D eigenvalue weighted by Crippen LogP contribution is 2.26. The van der Waals surface area contributed by atoms with Gasteiger partial charge in [0.15, 0.2) is 0 Å². The van der Waals surface area contributed by atoms with Crippen molar-refractivity contribution in [1.29, 1.82) is 0 Å². The molecular weight excluding hydrogens is 224 g/mol. The van der Waals surface area contributed by atoms with Crippen molar-refractivity contribution in [3.8, 4) is 0 Å². The SMILES string of the molecule is CC1(c2ccccc2)CN(C2CCOC2)CCN1. The first kappa shape index (κ1) is 12.2. The van der Waals surface area contributed by atoms with E-state index in [0.29, 0.717) is 6.04 Å². The lowest BCUT2D eigenvalue weighted by Gasteiger charge is -2.44. The summed E-state index contributed by atoms with van der Waals surface area (Å²) in [5, 5.41) is 3.68. The molecule has 3 heteroatoms. The predicted molar refractivity (Wildman–Crippen MR) is 72.6 cm³/mol. The fraction of sp³-hybridized carbons (Fsp3) is 0.600. The lowest BCUT2D eigenvalue weighted by atomic mass is 9.89. The molecule has 2 aliphatic heterocycles. The van der Waals surface area contributed by atoms with E-state index >= 15 is 0 Å². The van der Waals surface area contributed by atoms with Crippen LogP contribution in [0.1, 0.15) is 18.9 Å². The van der Waals surface area contributed by atoms with Crippen molar-refractivity contribution >= 4 is 0 Å². The largest absolute Gasteiger partial charge is 0.380 e. The zero-order chi connectivity index (χ0) is 12.4.